The Labute approximate surface area is 127 Å². The molecule has 114 valence electrons. The normalized spacial score (nSPS) is 13.3. The first kappa shape index (κ1) is 15.9. The summed E-state index contributed by atoms with van der Waals surface area (Å²) < 4.78 is 42.0. The molecule has 1 N–H and O–H groups in total. The van der Waals surface area contributed by atoms with Crippen LogP contribution in [0.5, 0.6) is 0 Å². The van der Waals surface area contributed by atoms with Crippen LogP contribution in [0.3, 0.4) is 0 Å². The fraction of sp³-hybridized carbons (Fsp3) is 0.333. The van der Waals surface area contributed by atoms with Crippen molar-refractivity contribution in [3.05, 3.63) is 40.9 Å². The number of benzene rings is 1. The minimum atomic E-state index is -4.05. The molecular formula is C12H14ClFN4O2S. The number of halogens is 2. The van der Waals surface area contributed by atoms with Crippen LogP contribution in [0.2, 0.25) is 5.02 Å². The van der Waals surface area contributed by atoms with Gasteiger partial charge in [-0.3, -0.25) is 4.68 Å². The zero-order valence-electron chi connectivity index (χ0n) is 11.4. The molecule has 0 aliphatic heterocycles. The number of sulfonamides is 1. The van der Waals surface area contributed by atoms with Gasteiger partial charge in [-0.05, 0) is 19.1 Å². The first-order valence-corrected chi connectivity index (χ1v) is 7.97. The van der Waals surface area contributed by atoms with Gasteiger partial charge in [0.25, 0.3) is 0 Å². The van der Waals surface area contributed by atoms with Crippen LogP contribution >= 0.6 is 11.6 Å². The van der Waals surface area contributed by atoms with E-state index in [9.17, 15) is 12.8 Å². The Morgan fingerprint density at radius 3 is 2.76 bits per heavy atom. The van der Waals surface area contributed by atoms with Gasteiger partial charge in [0.05, 0.1) is 10.7 Å². The van der Waals surface area contributed by atoms with E-state index in [2.05, 4.69) is 15.0 Å². The monoisotopic (exact) mass is 332 g/mol. The van der Waals surface area contributed by atoms with E-state index in [4.69, 9.17) is 11.6 Å². The van der Waals surface area contributed by atoms with Crippen molar-refractivity contribution in [1.29, 1.82) is 0 Å². The number of nitrogens with one attached hydrogen (secondary N) is 1. The Morgan fingerprint density at radius 2 is 2.19 bits per heavy atom. The summed E-state index contributed by atoms with van der Waals surface area (Å²) in [5.74, 6) is -0.887. The smallest absolute Gasteiger partial charge is 0.245 e. The van der Waals surface area contributed by atoms with Gasteiger partial charge >= 0.3 is 0 Å². The summed E-state index contributed by atoms with van der Waals surface area (Å²) in [6, 6.07) is 3.24. The largest absolute Gasteiger partial charge is 0.255 e. The molecule has 1 heterocycles. The quantitative estimate of drug-likeness (QED) is 0.900. The standard InChI is InChI=1S/C12H14ClFN4O2S/c1-8(6-9-7-18(2)17-15-9)16-21(19,20)12-10(13)4-3-5-11(12)14/h3-5,7-8,16H,6H2,1-2H3/t8-/m1/s1. The van der Waals surface area contributed by atoms with Crippen molar-refractivity contribution < 1.29 is 12.8 Å². The van der Waals surface area contributed by atoms with E-state index in [1.54, 1.807) is 20.2 Å². The molecule has 9 heteroatoms. The molecule has 21 heavy (non-hydrogen) atoms. The molecule has 0 saturated carbocycles. The highest BCUT2D eigenvalue weighted by atomic mass is 35.5. The second kappa shape index (κ2) is 6.08. The SMILES string of the molecule is C[C@H](Cc1cn(C)nn1)NS(=O)(=O)c1c(F)cccc1Cl. The number of hydrogen-bond donors (Lipinski definition) is 1. The average Bonchev–Trinajstić information content (AvgIpc) is 2.72. The molecule has 0 unspecified atom stereocenters. The molecule has 0 radical (unpaired) electrons. The van der Waals surface area contributed by atoms with Crippen molar-refractivity contribution in [3.63, 3.8) is 0 Å². The third kappa shape index (κ3) is 3.78. The van der Waals surface area contributed by atoms with Gasteiger partial charge in [0.1, 0.15) is 10.7 Å². The van der Waals surface area contributed by atoms with Crippen molar-refractivity contribution >= 4 is 21.6 Å². The van der Waals surface area contributed by atoms with E-state index in [-0.39, 0.29) is 5.02 Å². The van der Waals surface area contributed by atoms with Crippen molar-refractivity contribution in [1.82, 2.24) is 19.7 Å². The van der Waals surface area contributed by atoms with Gasteiger partial charge in [-0.25, -0.2) is 17.5 Å². The number of aromatic nitrogens is 3. The van der Waals surface area contributed by atoms with Crippen LogP contribution in [-0.2, 0) is 23.5 Å². The maximum Gasteiger partial charge on any atom is 0.245 e. The summed E-state index contributed by atoms with van der Waals surface area (Å²) in [6.07, 6.45) is 2.01. The number of nitrogens with zero attached hydrogens (tertiary/aromatic N) is 3. The maximum absolute atomic E-state index is 13.7. The van der Waals surface area contributed by atoms with E-state index in [1.165, 1.54) is 16.8 Å². The highest BCUT2D eigenvalue weighted by Gasteiger charge is 2.24. The summed E-state index contributed by atoms with van der Waals surface area (Å²) in [4.78, 5) is -0.544. The van der Waals surface area contributed by atoms with Crippen LogP contribution in [0, 0.1) is 5.82 Å². The lowest BCUT2D eigenvalue weighted by atomic mass is 10.2. The van der Waals surface area contributed by atoms with Crippen LogP contribution in [0.15, 0.2) is 29.3 Å². The highest BCUT2D eigenvalue weighted by molar-refractivity contribution is 7.89. The van der Waals surface area contributed by atoms with E-state index < -0.39 is 26.8 Å². The minimum absolute atomic E-state index is 0.158. The van der Waals surface area contributed by atoms with E-state index >= 15 is 0 Å². The zero-order valence-corrected chi connectivity index (χ0v) is 13.0. The Hall–Kier alpha value is -1.51. The van der Waals surface area contributed by atoms with Gasteiger partial charge in [-0.2, -0.15) is 0 Å². The van der Waals surface area contributed by atoms with Crippen molar-refractivity contribution in [2.45, 2.75) is 24.3 Å². The predicted octanol–water partition coefficient (Wildman–Crippen LogP) is 1.52. The molecule has 1 aromatic heterocycles. The van der Waals surface area contributed by atoms with Gasteiger partial charge in [0.15, 0.2) is 0 Å². The van der Waals surface area contributed by atoms with Gasteiger partial charge in [-0.15, -0.1) is 5.10 Å². The molecule has 0 saturated heterocycles. The highest BCUT2D eigenvalue weighted by Crippen LogP contribution is 2.24. The van der Waals surface area contributed by atoms with Crippen LogP contribution in [0.25, 0.3) is 0 Å². The summed E-state index contributed by atoms with van der Waals surface area (Å²) >= 11 is 5.78. The fourth-order valence-corrected chi connectivity index (χ4v) is 3.76. The first-order chi connectivity index (χ1) is 9.79. The van der Waals surface area contributed by atoms with Gasteiger partial charge in [0, 0.05) is 25.7 Å². The third-order valence-corrected chi connectivity index (χ3v) is 4.80. The van der Waals surface area contributed by atoms with Crippen LogP contribution < -0.4 is 4.72 Å². The van der Waals surface area contributed by atoms with Crippen LogP contribution in [0.1, 0.15) is 12.6 Å². The Balaban J connectivity index is 2.17. The molecule has 0 amide bonds. The van der Waals surface area contributed by atoms with E-state index in [0.717, 1.165) is 6.07 Å². The lowest BCUT2D eigenvalue weighted by Crippen LogP contribution is -2.34. The number of rotatable bonds is 5. The summed E-state index contributed by atoms with van der Waals surface area (Å²) in [5.41, 5.74) is 0.632. The predicted molar refractivity (Wildman–Crippen MR) is 75.9 cm³/mol. The van der Waals surface area contributed by atoms with Crippen LogP contribution in [-0.4, -0.2) is 29.5 Å². The number of aryl methyl sites for hydroxylation is 1. The molecule has 0 aliphatic rings. The van der Waals surface area contributed by atoms with Crippen molar-refractivity contribution in [2.75, 3.05) is 0 Å². The molecule has 2 aromatic rings. The second-order valence-electron chi connectivity index (χ2n) is 4.66. The molecular weight excluding hydrogens is 319 g/mol. The third-order valence-electron chi connectivity index (χ3n) is 2.71. The Bertz CT molecular complexity index is 727. The maximum atomic E-state index is 13.7. The second-order valence-corrected chi connectivity index (χ2v) is 6.72. The zero-order chi connectivity index (χ0) is 15.6. The lowest BCUT2D eigenvalue weighted by Gasteiger charge is -2.14. The minimum Gasteiger partial charge on any atom is -0.255 e. The molecule has 2 rings (SSSR count). The summed E-state index contributed by atoms with van der Waals surface area (Å²) in [7, 11) is -2.33. The van der Waals surface area contributed by atoms with Crippen LogP contribution in [0.4, 0.5) is 4.39 Å². The molecule has 0 bridgehead atoms. The molecule has 1 aromatic carbocycles. The Morgan fingerprint density at radius 1 is 1.48 bits per heavy atom. The molecule has 0 aliphatic carbocycles. The first-order valence-electron chi connectivity index (χ1n) is 6.11. The number of hydrogen-bond acceptors (Lipinski definition) is 4. The molecule has 6 nitrogen and oxygen atoms in total. The fourth-order valence-electron chi connectivity index (χ4n) is 1.91. The summed E-state index contributed by atoms with van der Waals surface area (Å²) in [5, 5.41) is 7.47. The molecule has 0 fully saturated rings. The van der Waals surface area contributed by atoms with Gasteiger partial charge in [-0.1, -0.05) is 22.9 Å². The van der Waals surface area contributed by atoms with Crippen molar-refractivity contribution in [3.8, 4) is 0 Å². The van der Waals surface area contributed by atoms with E-state index in [1.807, 2.05) is 0 Å². The molecule has 0 spiro atoms. The molecule has 1 atom stereocenters. The lowest BCUT2D eigenvalue weighted by molar-refractivity contribution is 0.541. The van der Waals surface area contributed by atoms with Gasteiger partial charge < -0.3 is 0 Å². The van der Waals surface area contributed by atoms with E-state index in [0.29, 0.717) is 12.1 Å². The topological polar surface area (TPSA) is 76.9 Å². The Kier molecular flexibility index (Phi) is 4.60. The average molecular weight is 333 g/mol. The van der Waals surface area contributed by atoms with Crippen molar-refractivity contribution in [2.24, 2.45) is 7.05 Å². The van der Waals surface area contributed by atoms with Gasteiger partial charge in [0.2, 0.25) is 10.0 Å². The summed E-state index contributed by atoms with van der Waals surface area (Å²) in [6.45, 7) is 1.65.